The number of carbonyl (C=O) groups is 1. The molecule has 6 heterocycles. The Hall–Kier alpha value is -1.44. The lowest BCUT2D eigenvalue weighted by molar-refractivity contribution is -0.0881. The zero-order chi connectivity index (χ0) is 15.4. The van der Waals surface area contributed by atoms with E-state index in [-0.39, 0.29) is 11.7 Å². The largest absolute Gasteiger partial charge is 0.439 e. The van der Waals surface area contributed by atoms with E-state index in [0.29, 0.717) is 12.5 Å². The van der Waals surface area contributed by atoms with Gasteiger partial charge in [-0.25, -0.2) is 9.78 Å². The summed E-state index contributed by atoms with van der Waals surface area (Å²) in [6.45, 7) is 3.87. The van der Waals surface area contributed by atoms with Crippen LogP contribution in [0.25, 0.3) is 9.88 Å². The van der Waals surface area contributed by atoms with Crippen molar-refractivity contribution in [3.05, 3.63) is 23.0 Å². The van der Waals surface area contributed by atoms with Gasteiger partial charge in [-0.3, -0.25) is 9.80 Å². The molecule has 0 N–H and O–H groups in total. The van der Waals surface area contributed by atoms with Crippen LogP contribution < -0.4 is 4.90 Å². The number of amides is 1. The molecule has 0 radical (unpaired) electrons. The zero-order valence-electron chi connectivity index (χ0n) is 12.6. The predicted molar refractivity (Wildman–Crippen MR) is 91.1 cm³/mol. The average Bonchev–Trinajstić information content (AvgIpc) is 3.28. The van der Waals surface area contributed by atoms with Gasteiger partial charge in [0.25, 0.3) is 0 Å². The highest BCUT2D eigenvalue weighted by Crippen LogP contribution is 2.44. The molecule has 4 aliphatic heterocycles. The van der Waals surface area contributed by atoms with Gasteiger partial charge in [0.1, 0.15) is 10.6 Å². The summed E-state index contributed by atoms with van der Waals surface area (Å²) < 4.78 is 5.93. The zero-order valence-corrected chi connectivity index (χ0v) is 14.2. The number of nitrogens with zero attached hydrogens (tertiary/aromatic N) is 3. The molecule has 2 aromatic rings. The topological polar surface area (TPSA) is 45.7 Å². The Morgan fingerprint density at radius 1 is 1.26 bits per heavy atom. The van der Waals surface area contributed by atoms with E-state index in [0.717, 1.165) is 48.0 Å². The van der Waals surface area contributed by atoms with Crippen LogP contribution in [0.15, 0.2) is 23.0 Å². The molecule has 23 heavy (non-hydrogen) atoms. The second-order valence-electron chi connectivity index (χ2n) is 6.58. The molecule has 4 saturated heterocycles. The molecule has 7 heteroatoms. The SMILES string of the molecule is O=C1O[C@]2(CN3CCC2CC3)CN1c1csc(-c2nccs2)c1. The standard InChI is InChI=1S/C16H17N3O2S2/c20-15-19(12-7-13(23-8-12)14-17-3-6-22-14)10-16(21-15)9-18-4-1-11(16)2-5-18/h3,6-8,11H,1-2,4-5,9-10H2/t16-/m1/s1. The number of carbonyl (C=O) groups excluding carboxylic acids is 1. The van der Waals surface area contributed by atoms with Gasteiger partial charge in [-0.05, 0) is 32.0 Å². The summed E-state index contributed by atoms with van der Waals surface area (Å²) in [4.78, 5) is 22.2. The van der Waals surface area contributed by atoms with Crippen LogP contribution in [0.4, 0.5) is 10.5 Å². The van der Waals surface area contributed by atoms with Crippen molar-refractivity contribution in [3.8, 4) is 9.88 Å². The molecule has 4 aliphatic rings. The summed E-state index contributed by atoms with van der Waals surface area (Å²) in [5.74, 6) is 0.513. The van der Waals surface area contributed by atoms with Crippen molar-refractivity contribution in [3.63, 3.8) is 0 Å². The van der Waals surface area contributed by atoms with Crippen LogP contribution in [0, 0.1) is 5.92 Å². The van der Waals surface area contributed by atoms with Gasteiger partial charge in [0, 0.05) is 29.4 Å². The van der Waals surface area contributed by atoms with Crippen molar-refractivity contribution in [2.45, 2.75) is 18.4 Å². The number of thiophene rings is 1. The van der Waals surface area contributed by atoms with Crippen molar-refractivity contribution in [2.24, 2.45) is 5.92 Å². The molecule has 4 fully saturated rings. The molecule has 1 atom stereocenters. The molecule has 2 aromatic heterocycles. The Labute approximate surface area is 142 Å². The van der Waals surface area contributed by atoms with Gasteiger partial charge in [0.2, 0.25) is 0 Å². The smallest absolute Gasteiger partial charge is 0.415 e. The Kier molecular flexibility index (Phi) is 3.05. The Balaban J connectivity index is 1.43. The van der Waals surface area contributed by atoms with Crippen LogP contribution in [-0.4, -0.2) is 47.8 Å². The summed E-state index contributed by atoms with van der Waals surface area (Å²) in [5.41, 5.74) is 0.648. The lowest BCUT2D eigenvalue weighted by Crippen LogP contribution is -2.61. The molecule has 1 amide bonds. The van der Waals surface area contributed by atoms with E-state index < -0.39 is 0 Å². The maximum atomic E-state index is 12.5. The maximum absolute atomic E-state index is 12.5. The van der Waals surface area contributed by atoms with E-state index in [1.165, 1.54) is 0 Å². The highest BCUT2D eigenvalue weighted by molar-refractivity contribution is 7.20. The van der Waals surface area contributed by atoms with Gasteiger partial charge in [0.05, 0.1) is 17.1 Å². The van der Waals surface area contributed by atoms with Gasteiger partial charge < -0.3 is 4.74 Å². The van der Waals surface area contributed by atoms with E-state index in [1.54, 1.807) is 22.7 Å². The molecule has 0 aliphatic carbocycles. The summed E-state index contributed by atoms with van der Waals surface area (Å²) in [6, 6.07) is 2.06. The second kappa shape index (κ2) is 5.03. The van der Waals surface area contributed by atoms with Gasteiger partial charge in [-0.1, -0.05) is 0 Å². The van der Waals surface area contributed by atoms with Gasteiger partial charge in [0.15, 0.2) is 0 Å². The molecular weight excluding hydrogens is 330 g/mol. The van der Waals surface area contributed by atoms with Crippen molar-refractivity contribution in [2.75, 3.05) is 31.1 Å². The highest BCUT2D eigenvalue weighted by atomic mass is 32.1. The molecule has 5 nitrogen and oxygen atoms in total. The molecular formula is C16H17N3O2S2. The number of ether oxygens (including phenoxy) is 1. The lowest BCUT2D eigenvalue weighted by atomic mass is 9.75. The number of aromatic nitrogens is 1. The van der Waals surface area contributed by atoms with Crippen molar-refractivity contribution < 1.29 is 9.53 Å². The fraction of sp³-hybridized carbons (Fsp3) is 0.500. The van der Waals surface area contributed by atoms with E-state index >= 15 is 0 Å². The molecule has 0 saturated carbocycles. The maximum Gasteiger partial charge on any atom is 0.415 e. The van der Waals surface area contributed by atoms with E-state index in [4.69, 9.17) is 4.74 Å². The number of hydrogen-bond acceptors (Lipinski definition) is 6. The summed E-state index contributed by atoms with van der Waals surface area (Å²) in [6.07, 6.45) is 3.91. The number of rotatable bonds is 2. The first-order chi connectivity index (χ1) is 11.2. The molecule has 6 rings (SSSR count). The van der Waals surface area contributed by atoms with Crippen molar-refractivity contribution in [1.29, 1.82) is 0 Å². The van der Waals surface area contributed by atoms with Crippen LogP contribution in [-0.2, 0) is 4.74 Å². The molecule has 1 spiro atoms. The molecule has 0 aromatic carbocycles. The van der Waals surface area contributed by atoms with Crippen LogP contribution in [0.5, 0.6) is 0 Å². The summed E-state index contributed by atoms with van der Waals surface area (Å²) >= 11 is 3.26. The number of piperidine rings is 3. The van der Waals surface area contributed by atoms with E-state index in [2.05, 4.69) is 16.0 Å². The first kappa shape index (κ1) is 13.9. The second-order valence-corrected chi connectivity index (χ2v) is 8.38. The summed E-state index contributed by atoms with van der Waals surface area (Å²) in [7, 11) is 0. The Morgan fingerprint density at radius 3 is 2.83 bits per heavy atom. The number of thiazole rings is 1. The minimum absolute atomic E-state index is 0.192. The number of fused-ring (bicyclic) bond motifs is 2. The molecule has 120 valence electrons. The molecule has 2 bridgehead atoms. The predicted octanol–water partition coefficient (Wildman–Crippen LogP) is 3.29. The van der Waals surface area contributed by atoms with Gasteiger partial charge in [-0.15, -0.1) is 22.7 Å². The normalized spacial score (nSPS) is 32.7. The number of hydrogen-bond donors (Lipinski definition) is 0. The van der Waals surface area contributed by atoms with Crippen molar-refractivity contribution in [1.82, 2.24) is 9.88 Å². The quantitative estimate of drug-likeness (QED) is 0.836. The fourth-order valence-corrected chi connectivity index (χ4v) is 5.76. The monoisotopic (exact) mass is 347 g/mol. The van der Waals surface area contributed by atoms with Crippen LogP contribution in [0.3, 0.4) is 0 Å². The minimum Gasteiger partial charge on any atom is -0.439 e. The van der Waals surface area contributed by atoms with Gasteiger partial charge >= 0.3 is 6.09 Å². The molecule has 0 unspecified atom stereocenters. The number of anilines is 1. The first-order valence-electron chi connectivity index (χ1n) is 7.95. The fourth-order valence-electron chi connectivity index (χ4n) is 4.13. The first-order valence-corrected chi connectivity index (χ1v) is 9.71. The van der Waals surface area contributed by atoms with E-state index in [1.807, 2.05) is 21.9 Å². The van der Waals surface area contributed by atoms with Crippen molar-refractivity contribution >= 4 is 34.5 Å². The average molecular weight is 347 g/mol. The third-order valence-corrected chi connectivity index (χ3v) is 7.16. The van der Waals surface area contributed by atoms with Gasteiger partial charge in [-0.2, -0.15) is 0 Å². The third kappa shape index (κ3) is 2.14. The lowest BCUT2D eigenvalue weighted by Gasteiger charge is -2.49. The third-order valence-electron chi connectivity index (χ3n) is 5.30. The highest BCUT2D eigenvalue weighted by Gasteiger charge is 2.55. The minimum atomic E-state index is -0.295. The van der Waals surface area contributed by atoms with Crippen LogP contribution in [0.1, 0.15) is 12.8 Å². The van der Waals surface area contributed by atoms with E-state index in [9.17, 15) is 4.79 Å². The van der Waals surface area contributed by atoms with Crippen LogP contribution >= 0.6 is 22.7 Å². The summed E-state index contributed by atoms with van der Waals surface area (Å²) in [5, 5.41) is 5.02. The van der Waals surface area contributed by atoms with Crippen LogP contribution in [0.2, 0.25) is 0 Å². The Bertz CT molecular complexity index is 736. The Morgan fingerprint density at radius 2 is 2.13 bits per heavy atom.